The number of hydrogen-bond donors (Lipinski definition) is 0. The van der Waals surface area contributed by atoms with Crippen LogP contribution in [-0.4, -0.2) is 10.8 Å². The third-order valence-corrected chi connectivity index (χ3v) is 2.72. The number of carbonyl (C=O) groups is 1. The number of rotatable bonds is 2. The lowest BCUT2D eigenvalue weighted by Gasteiger charge is -2.03. The molecule has 2 nitrogen and oxygen atoms in total. The second kappa shape index (κ2) is 4.82. The molecule has 86 valence electrons. The predicted octanol–water partition coefficient (Wildman–Crippen LogP) is 3.76. The zero-order valence-corrected chi connectivity index (χ0v) is 9.97. The van der Waals surface area contributed by atoms with E-state index in [0.717, 1.165) is 6.07 Å². The molecule has 0 fully saturated rings. The van der Waals surface area contributed by atoms with E-state index in [-0.39, 0.29) is 15.7 Å². The summed E-state index contributed by atoms with van der Waals surface area (Å²) in [5.74, 6) is -0.904. The molecule has 17 heavy (non-hydrogen) atoms. The number of hydrogen-bond acceptors (Lipinski definition) is 2. The summed E-state index contributed by atoms with van der Waals surface area (Å²) in [6.45, 7) is 0. The summed E-state index contributed by atoms with van der Waals surface area (Å²) >= 11 is 11.4. The number of nitrogens with zero attached hydrogens (tertiary/aromatic N) is 1. The Kier molecular flexibility index (Phi) is 3.41. The molecule has 2 aromatic rings. The van der Waals surface area contributed by atoms with Gasteiger partial charge in [0.2, 0.25) is 0 Å². The number of benzene rings is 1. The van der Waals surface area contributed by atoms with Crippen molar-refractivity contribution in [2.45, 2.75) is 0 Å². The fourth-order valence-electron chi connectivity index (χ4n) is 1.34. The van der Waals surface area contributed by atoms with Crippen LogP contribution in [0.5, 0.6) is 0 Å². The van der Waals surface area contributed by atoms with E-state index in [1.807, 2.05) is 0 Å². The monoisotopic (exact) mass is 269 g/mol. The molecule has 0 bridgehead atoms. The van der Waals surface area contributed by atoms with Crippen LogP contribution in [0.4, 0.5) is 4.39 Å². The summed E-state index contributed by atoms with van der Waals surface area (Å²) < 4.78 is 13.0. The predicted molar refractivity (Wildman–Crippen MR) is 64.1 cm³/mol. The van der Waals surface area contributed by atoms with Crippen molar-refractivity contribution in [2.75, 3.05) is 0 Å². The summed E-state index contributed by atoms with van der Waals surface area (Å²) in [6.07, 6.45) is 1.33. The first-order valence-corrected chi connectivity index (χ1v) is 5.45. The van der Waals surface area contributed by atoms with E-state index in [1.54, 1.807) is 0 Å². The minimum atomic E-state index is -0.514. The second-order valence-corrected chi connectivity index (χ2v) is 4.12. The van der Waals surface area contributed by atoms with Crippen molar-refractivity contribution in [2.24, 2.45) is 0 Å². The average molecular weight is 270 g/mol. The summed E-state index contributed by atoms with van der Waals surface area (Å²) in [5, 5.41) is 0.484. The summed E-state index contributed by atoms with van der Waals surface area (Å²) in [6, 6.07) is 6.63. The SMILES string of the molecule is O=C(c1ccc(Cl)nc1)c1cc(F)ccc1Cl. The molecule has 1 aromatic heterocycles. The Morgan fingerprint density at radius 1 is 1.18 bits per heavy atom. The van der Waals surface area contributed by atoms with Gasteiger partial charge in [-0.15, -0.1) is 0 Å². The first-order valence-electron chi connectivity index (χ1n) is 4.69. The van der Waals surface area contributed by atoms with Gasteiger partial charge in [-0.05, 0) is 30.3 Å². The van der Waals surface area contributed by atoms with Gasteiger partial charge >= 0.3 is 0 Å². The number of aromatic nitrogens is 1. The zero-order chi connectivity index (χ0) is 12.4. The third-order valence-electron chi connectivity index (χ3n) is 2.16. The number of carbonyl (C=O) groups excluding carboxylic acids is 1. The van der Waals surface area contributed by atoms with E-state index >= 15 is 0 Å². The lowest BCUT2D eigenvalue weighted by atomic mass is 10.1. The molecule has 1 aromatic carbocycles. The lowest BCUT2D eigenvalue weighted by Crippen LogP contribution is -2.03. The molecule has 1 heterocycles. The quantitative estimate of drug-likeness (QED) is 0.614. The maximum absolute atomic E-state index is 13.0. The van der Waals surface area contributed by atoms with Crippen molar-refractivity contribution in [1.82, 2.24) is 4.98 Å². The second-order valence-electron chi connectivity index (χ2n) is 3.32. The topological polar surface area (TPSA) is 30.0 Å². The Balaban J connectivity index is 2.43. The van der Waals surface area contributed by atoms with Crippen molar-refractivity contribution in [1.29, 1.82) is 0 Å². The zero-order valence-electron chi connectivity index (χ0n) is 8.45. The van der Waals surface area contributed by atoms with Crippen LogP contribution in [0.1, 0.15) is 15.9 Å². The summed E-state index contributed by atoms with van der Waals surface area (Å²) in [7, 11) is 0. The van der Waals surface area contributed by atoms with E-state index in [2.05, 4.69) is 4.98 Å². The molecule has 0 aliphatic carbocycles. The first-order chi connectivity index (χ1) is 8.08. The van der Waals surface area contributed by atoms with Gasteiger partial charge in [0.25, 0.3) is 0 Å². The Hall–Kier alpha value is -1.45. The first kappa shape index (κ1) is 12.0. The van der Waals surface area contributed by atoms with Gasteiger partial charge in [0.05, 0.1) is 5.02 Å². The van der Waals surface area contributed by atoms with Gasteiger partial charge in [0.15, 0.2) is 5.78 Å². The van der Waals surface area contributed by atoms with Gasteiger partial charge < -0.3 is 0 Å². The third kappa shape index (κ3) is 2.62. The van der Waals surface area contributed by atoms with Gasteiger partial charge in [-0.2, -0.15) is 0 Å². The van der Waals surface area contributed by atoms with Crippen LogP contribution in [0.25, 0.3) is 0 Å². The smallest absolute Gasteiger partial charge is 0.196 e. The van der Waals surface area contributed by atoms with Crippen LogP contribution in [0.3, 0.4) is 0 Å². The summed E-state index contributed by atoms with van der Waals surface area (Å²) in [4.78, 5) is 15.8. The Morgan fingerprint density at radius 2 is 1.94 bits per heavy atom. The minimum absolute atomic E-state index is 0.107. The Morgan fingerprint density at radius 3 is 2.59 bits per heavy atom. The Bertz CT molecular complexity index is 569. The average Bonchev–Trinajstić information content (AvgIpc) is 2.32. The Labute approximate surface area is 107 Å². The minimum Gasteiger partial charge on any atom is -0.288 e. The molecule has 0 aliphatic heterocycles. The molecule has 0 N–H and O–H groups in total. The van der Waals surface area contributed by atoms with Gasteiger partial charge in [-0.3, -0.25) is 4.79 Å². The summed E-state index contributed by atoms with van der Waals surface area (Å²) in [5.41, 5.74) is 0.415. The van der Waals surface area contributed by atoms with E-state index in [9.17, 15) is 9.18 Å². The maximum Gasteiger partial charge on any atom is 0.196 e. The largest absolute Gasteiger partial charge is 0.288 e. The van der Waals surface area contributed by atoms with Crippen LogP contribution in [-0.2, 0) is 0 Å². The number of ketones is 1. The highest BCUT2D eigenvalue weighted by atomic mass is 35.5. The van der Waals surface area contributed by atoms with Crippen LogP contribution in [0.15, 0.2) is 36.5 Å². The number of pyridine rings is 1. The van der Waals surface area contributed by atoms with Gasteiger partial charge in [0.1, 0.15) is 11.0 Å². The maximum atomic E-state index is 13.0. The molecule has 0 saturated carbocycles. The highest BCUT2D eigenvalue weighted by Crippen LogP contribution is 2.20. The molecule has 0 amide bonds. The normalized spacial score (nSPS) is 10.3. The highest BCUT2D eigenvalue weighted by Gasteiger charge is 2.14. The van der Waals surface area contributed by atoms with E-state index in [0.29, 0.717) is 5.56 Å². The molecule has 0 radical (unpaired) electrons. The van der Waals surface area contributed by atoms with Gasteiger partial charge in [0, 0.05) is 17.3 Å². The van der Waals surface area contributed by atoms with Crippen LogP contribution >= 0.6 is 23.2 Å². The van der Waals surface area contributed by atoms with Crippen LogP contribution in [0.2, 0.25) is 10.2 Å². The van der Waals surface area contributed by atoms with E-state index < -0.39 is 11.6 Å². The molecular weight excluding hydrogens is 264 g/mol. The molecule has 0 spiro atoms. The van der Waals surface area contributed by atoms with E-state index in [4.69, 9.17) is 23.2 Å². The molecule has 5 heteroatoms. The van der Waals surface area contributed by atoms with Crippen molar-refractivity contribution >= 4 is 29.0 Å². The van der Waals surface area contributed by atoms with Crippen molar-refractivity contribution in [3.05, 3.63) is 63.6 Å². The fourth-order valence-corrected chi connectivity index (χ4v) is 1.65. The van der Waals surface area contributed by atoms with Gasteiger partial charge in [-0.25, -0.2) is 9.37 Å². The molecule has 2 rings (SSSR count). The molecule has 0 saturated heterocycles. The lowest BCUT2D eigenvalue weighted by molar-refractivity contribution is 0.103. The van der Waals surface area contributed by atoms with Crippen molar-refractivity contribution in [3.8, 4) is 0 Å². The fraction of sp³-hybridized carbons (Fsp3) is 0. The number of halogens is 3. The van der Waals surface area contributed by atoms with Gasteiger partial charge in [-0.1, -0.05) is 23.2 Å². The van der Waals surface area contributed by atoms with Crippen LogP contribution in [0, 0.1) is 5.82 Å². The standard InChI is InChI=1S/C12H6Cl2FNO/c13-10-3-2-8(15)5-9(10)12(17)7-1-4-11(14)16-6-7/h1-6H. The highest BCUT2D eigenvalue weighted by molar-refractivity contribution is 6.35. The van der Waals surface area contributed by atoms with Crippen LogP contribution < -0.4 is 0 Å². The molecule has 0 unspecified atom stereocenters. The van der Waals surface area contributed by atoms with Crippen molar-refractivity contribution < 1.29 is 9.18 Å². The molecular formula is C12H6Cl2FNO. The van der Waals surface area contributed by atoms with E-state index in [1.165, 1.54) is 30.5 Å². The van der Waals surface area contributed by atoms with Crippen molar-refractivity contribution in [3.63, 3.8) is 0 Å². The molecule has 0 aliphatic rings. The molecule has 0 atom stereocenters.